The molecule has 1 unspecified atom stereocenters. The van der Waals surface area contributed by atoms with Gasteiger partial charge in [-0.3, -0.25) is 10.5 Å². The molecule has 0 fully saturated rings. The average molecular weight is 283 g/mol. The molecular weight excluding hydrogens is 267 g/mol. The maximum Gasteiger partial charge on any atom is 0.126 e. The molecule has 1 atom stereocenters. The highest BCUT2D eigenvalue weighted by molar-refractivity contribution is 6.31. The van der Waals surface area contributed by atoms with Crippen LogP contribution in [0.2, 0.25) is 5.02 Å². The van der Waals surface area contributed by atoms with Crippen molar-refractivity contribution in [1.29, 1.82) is 0 Å². The van der Waals surface area contributed by atoms with E-state index in [1.165, 1.54) is 6.07 Å². The third-order valence-electron chi connectivity index (χ3n) is 3.09. The van der Waals surface area contributed by atoms with Crippen LogP contribution in [0, 0.1) is 12.7 Å². The summed E-state index contributed by atoms with van der Waals surface area (Å²) in [5, 5.41) is 4.72. The smallest absolute Gasteiger partial charge is 0.126 e. The van der Waals surface area contributed by atoms with Gasteiger partial charge in [-0.05, 0) is 31.0 Å². The Hall–Kier alpha value is -1.43. The monoisotopic (exact) mass is 282 g/mol. The van der Waals surface area contributed by atoms with E-state index in [1.54, 1.807) is 29.9 Å². The summed E-state index contributed by atoms with van der Waals surface area (Å²) in [5.41, 5.74) is 4.90. The van der Waals surface area contributed by atoms with E-state index in [4.69, 9.17) is 17.4 Å². The van der Waals surface area contributed by atoms with Gasteiger partial charge in [0, 0.05) is 6.54 Å². The third kappa shape index (κ3) is 2.63. The highest BCUT2D eigenvalue weighted by atomic mass is 35.5. The topological polar surface area (TPSA) is 55.9 Å². The summed E-state index contributed by atoms with van der Waals surface area (Å²) < 4.78 is 15.1. The summed E-state index contributed by atoms with van der Waals surface area (Å²) in [6.07, 6.45) is 1.58. The Kier molecular flexibility index (Phi) is 4.19. The minimum atomic E-state index is -0.325. The number of hydrazine groups is 1. The minimum Gasteiger partial charge on any atom is -0.271 e. The Morgan fingerprint density at radius 3 is 2.84 bits per heavy atom. The maximum absolute atomic E-state index is 13.3. The molecule has 102 valence electrons. The molecule has 0 aliphatic carbocycles. The van der Waals surface area contributed by atoms with Gasteiger partial charge in [0.25, 0.3) is 0 Å². The van der Waals surface area contributed by atoms with Crippen LogP contribution < -0.4 is 11.3 Å². The highest BCUT2D eigenvalue weighted by Gasteiger charge is 2.21. The first kappa shape index (κ1) is 14.0. The molecule has 0 aliphatic rings. The molecule has 1 aromatic carbocycles. The van der Waals surface area contributed by atoms with Gasteiger partial charge in [0.15, 0.2) is 0 Å². The second-order valence-electron chi connectivity index (χ2n) is 4.30. The molecule has 0 radical (unpaired) electrons. The lowest BCUT2D eigenvalue weighted by atomic mass is 10.0. The normalized spacial score (nSPS) is 12.7. The Morgan fingerprint density at radius 2 is 2.26 bits per heavy atom. The number of hydrogen-bond donors (Lipinski definition) is 2. The van der Waals surface area contributed by atoms with Crippen LogP contribution in [-0.2, 0) is 6.54 Å². The standard InChI is InChI=1S/C13H16ClFN4/c1-3-19-13(10(14)7-17-19)12(18-16)9-4-5-11(15)8(2)6-9/h4-7,12,18H,3,16H2,1-2H3. The van der Waals surface area contributed by atoms with Gasteiger partial charge in [0.2, 0.25) is 0 Å². The van der Waals surface area contributed by atoms with E-state index in [-0.39, 0.29) is 11.9 Å². The van der Waals surface area contributed by atoms with Crippen molar-refractivity contribution in [1.82, 2.24) is 15.2 Å². The summed E-state index contributed by atoms with van der Waals surface area (Å²) in [6.45, 7) is 4.36. The molecule has 0 spiro atoms. The van der Waals surface area contributed by atoms with Crippen LogP contribution in [0.3, 0.4) is 0 Å². The predicted molar refractivity (Wildman–Crippen MR) is 73.2 cm³/mol. The summed E-state index contributed by atoms with van der Waals surface area (Å²) in [7, 11) is 0. The van der Waals surface area contributed by atoms with E-state index in [9.17, 15) is 4.39 Å². The Morgan fingerprint density at radius 1 is 1.53 bits per heavy atom. The summed E-state index contributed by atoms with van der Waals surface area (Å²) in [5.74, 6) is 5.39. The van der Waals surface area contributed by atoms with Crippen molar-refractivity contribution in [3.63, 3.8) is 0 Å². The van der Waals surface area contributed by atoms with Crippen LogP contribution in [-0.4, -0.2) is 9.78 Å². The van der Waals surface area contributed by atoms with Crippen LogP contribution in [0.25, 0.3) is 0 Å². The Balaban J connectivity index is 2.49. The molecule has 19 heavy (non-hydrogen) atoms. The fourth-order valence-corrected chi connectivity index (χ4v) is 2.34. The molecule has 0 saturated carbocycles. The van der Waals surface area contributed by atoms with E-state index in [2.05, 4.69) is 10.5 Å². The zero-order valence-electron chi connectivity index (χ0n) is 10.8. The molecule has 3 N–H and O–H groups in total. The van der Waals surface area contributed by atoms with E-state index in [1.807, 2.05) is 6.92 Å². The van der Waals surface area contributed by atoms with Crippen molar-refractivity contribution in [3.05, 3.63) is 52.1 Å². The van der Waals surface area contributed by atoms with Gasteiger partial charge in [-0.1, -0.05) is 23.7 Å². The molecule has 2 rings (SSSR count). The molecule has 0 aliphatic heterocycles. The number of nitrogens with two attached hydrogens (primary N) is 1. The number of nitrogens with one attached hydrogen (secondary N) is 1. The van der Waals surface area contributed by atoms with E-state index in [0.29, 0.717) is 17.1 Å². The van der Waals surface area contributed by atoms with Gasteiger partial charge < -0.3 is 0 Å². The van der Waals surface area contributed by atoms with Gasteiger partial charge in [-0.2, -0.15) is 5.10 Å². The second-order valence-corrected chi connectivity index (χ2v) is 4.71. The number of rotatable bonds is 4. The fourth-order valence-electron chi connectivity index (χ4n) is 2.09. The maximum atomic E-state index is 13.3. The SMILES string of the molecule is CCn1ncc(Cl)c1C(NN)c1ccc(F)c(C)c1. The average Bonchev–Trinajstić information content (AvgIpc) is 2.76. The van der Waals surface area contributed by atoms with Crippen LogP contribution >= 0.6 is 11.6 Å². The second kappa shape index (κ2) is 5.69. The van der Waals surface area contributed by atoms with Gasteiger partial charge in [0.05, 0.1) is 23.0 Å². The minimum absolute atomic E-state index is 0.241. The predicted octanol–water partition coefficient (Wildman–Crippen LogP) is 2.56. The van der Waals surface area contributed by atoms with Gasteiger partial charge in [0.1, 0.15) is 5.82 Å². The van der Waals surface area contributed by atoms with Gasteiger partial charge >= 0.3 is 0 Å². The summed E-state index contributed by atoms with van der Waals surface area (Å²) in [6, 6.07) is 4.55. The summed E-state index contributed by atoms with van der Waals surface area (Å²) >= 11 is 6.17. The number of aryl methyl sites for hydroxylation is 2. The summed E-state index contributed by atoms with van der Waals surface area (Å²) in [4.78, 5) is 0. The molecule has 6 heteroatoms. The number of nitrogens with zero attached hydrogens (tertiary/aromatic N) is 2. The van der Waals surface area contributed by atoms with Gasteiger partial charge in [-0.25, -0.2) is 9.82 Å². The first-order valence-corrected chi connectivity index (χ1v) is 6.39. The van der Waals surface area contributed by atoms with Gasteiger partial charge in [-0.15, -0.1) is 0 Å². The zero-order valence-corrected chi connectivity index (χ0v) is 11.6. The lowest BCUT2D eigenvalue weighted by Gasteiger charge is -2.19. The van der Waals surface area contributed by atoms with Crippen molar-refractivity contribution in [2.45, 2.75) is 26.4 Å². The largest absolute Gasteiger partial charge is 0.271 e. The molecule has 0 bridgehead atoms. The van der Waals surface area contributed by atoms with Crippen LogP contribution in [0.4, 0.5) is 4.39 Å². The third-order valence-corrected chi connectivity index (χ3v) is 3.38. The van der Waals surface area contributed by atoms with Crippen molar-refractivity contribution in [2.75, 3.05) is 0 Å². The lowest BCUT2D eigenvalue weighted by Crippen LogP contribution is -2.31. The van der Waals surface area contributed by atoms with Crippen LogP contribution in [0.1, 0.15) is 29.8 Å². The molecule has 0 saturated heterocycles. The fraction of sp³-hybridized carbons (Fsp3) is 0.308. The van der Waals surface area contributed by atoms with Crippen molar-refractivity contribution in [2.24, 2.45) is 5.84 Å². The van der Waals surface area contributed by atoms with Crippen LogP contribution in [0.15, 0.2) is 24.4 Å². The molecule has 1 heterocycles. The van der Waals surface area contributed by atoms with Crippen molar-refractivity contribution >= 4 is 11.6 Å². The number of hydrogen-bond acceptors (Lipinski definition) is 3. The molecule has 1 aromatic heterocycles. The molecule has 0 amide bonds. The van der Waals surface area contributed by atoms with Crippen molar-refractivity contribution < 1.29 is 4.39 Å². The highest BCUT2D eigenvalue weighted by Crippen LogP contribution is 2.28. The van der Waals surface area contributed by atoms with E-state index in [0.717, 1.165) is 11.3 Å². The zero-order chi connectivity index (χ0) is 14.0. The van der Waals surface area contributed by atoms with Crippen molar-refractivity contribution in [3.8, 4) is 0 Å². The van der Waals surface area contributed by atoms with E-state index < -0.39 is 0 Å². The number of halogens is 2. The first-order chi connectivity index (χ1) is 9.08. The lowest BCUT2D eigenvalue weighted by molar-refractivity contribution is 0.541. The Labute approximate surface area is 116 Å². The Bertz CT molecular complexity index is 582. The molecule has 2 aromatic rings. The first-order valence-electron chi connectivity index (χ1n) is 6.01. The number of benzene rings is 1. The molecule has 4 nitrogen and oxygen atoms in total. The molecular formula is C13H16ClFN4. The quantitative estimate of drug-likeness (QED) is 0.669. The van der Waals surface area contributed by atoms with Crippen LogP contribution in [0.5, 0.6) is 0 Å². The van der Waals surface area contributed by atoms with E-state index >= 15 is 0 Å². The number of aromatic nitrogens is 2.